The average molecular weight is 439 g/mol. The van der Waals surface area contributed by atoms with Crippen molar-refractivity contribution in [2.75, 3.05) is 30.6 Å². The van der Waals surface area contributed by atoms with Crippen LogP contribution in [0.15, 0.2) is 48.5 Å². The van der Waals surface area contributed by atoms with Gasteiger partial charge in [0.2, 0.25) is 11.8 Å². The summed E-state index contributed by atoms with van der Waals surface area (Å²) in [5, 5.41) is 2.72. The third-order valence-corrected chi connectivity index (χ3v) is 6.31. The second kappa shape index (κ2) is 8.81. The molecule has 8 nitrogen and oxygen atoms in total. The van der Waals surface area contributed by atoms with Gasteiger partial charge in [0, 0.05) is 17.9 Å². The van der Waals surface area contributed by atoms with Crippen molar-refractivity contribution in [2.45, 2.75) is 12.6 Å². The summed E-state index contributed by atoms with van der Waals surface area (Å²) in [6.45, 7) is 0.384. The van der Waals surface area contributed by atoms with E-state index in [4.69, 9.17) is 4.74 Å². The first-order valence-electron chi connectivity index (χ1n) is 9.71. The number of piperazine rings is 1. The van der Waals surface area contributed by atoms with Crippen molar-refractivity contribution in [3.8, 4) is 0 Å². The Hall–Kier alpha value is -3.33. The van der Waals surface area contributed by atoms with Crippen LogP contribution >= 0.6 is 11.8 Å². The molecule has 2 aliphatic heterocycles. The molecule has 9 heteroatoms. The molecule has 0 radical (unpaired) electrons. The Labute approximate surface area is 183 Å². The number of carbonyl (C=O) groups is 4. The minimum absolute atomic E-state index is 0.0325. The highest BCUT2D eigenvalue weighted by Gasteiger charge is 2.42. The van der Waals surface area contributed by atoms with E-state index in [1.54, 1.807) is 70.1 Å². The maximum Gasteiger partial charge on any atom is 0.339 e. The number of fused-ring (bicyclic) bond motifs is 1. The fraction of sp³-hybridized carbons (Fsp3) is 0.273. The molecule has 2 aliphatic rings. The molecule has 0 aliphatic carbocycles. The number of esters is 1. The lowest BCUT2D eigenvalue weighted by atomic mass is 10.1. The van der Waals surface area contributed by atoms with Gasteiger partial charge in [-0.25, -0.2) is 4.79 Å². The van der Waals surface area contributed by atoms with E-state index in [1.807, 2.05) is 0 Å². The number of carbonyl (C=O) groups excluding carboxylic acids is 4. The Morgan fingerprint density at radius 3 is 2.61 bits per heavy atom. The SMILES string of the molecule is COC(=O)c1ccccc1NC(=O)c1ccc(CN2CC(=O)N3CSCC3C2=O)cc1. The van der Waals surface area contributed by atoms with Crippen LogP contribution in [0.1, 0.15) is 26.3 Å². The number of hydrogen-bond donors (Lipinski definition) is 1. The highest BCUT2D eigenvalue weighted by molar-refractivity contribution is 7.99. The normalized spacial score (nSPS) is 18.0. The molecule has 0 bridgehead atoms. The quantitative estimate of drug-likeness (QED) is 0.716. The Balaban J connectivity index is 1.43. The fourth-order valence-electron chi connectivity index (χ4n) is 3.63. The number of anilines is 1. The second-order valence-corrected chi connectivity index (χ2v) is 8.26. The summed E-state index contributed by atoms with van der Waals surface area (Å²) in [5.41, 5.74) is 1.86. The van der Waals surface area contributed by atoms with Gasteiger partial charge in [0.25, 0.3) is 5.91 Å². The van der Waals surface area contributed by atoms with Gasteiger partial charge in [-0.05, 0) is 29.8 Å². The first-order valence-corrected chi connectivity index (χ1v) is 10.9. The standard InChI is InChI=1S/C22H21N3O5S/c1-30-22(29)16-4-2-3-5-17(16)23-20(27)15-8-6-14(7-9-15)10-24-11-19(26)25-13-31-12-18(25)21(24)28/h2-9,18H,10-13H2,1H3,(H,23,27). The Morgan fingerprint density at radius 1 is 1.13 bits per heavy atom. The van der Waals surface area contributed by atoms with E-state index in [0.29, 0.717) is 29.4 Å². The van der Waals surface area contributed by atoms with Gasteiger partial charge in [0.1, 0.15) is 12.6 Å². The second-order valence-electron chi connectivity index (χ2n) is 7.26. The zero-order chi connectivity index (χ0) is 22.0. The van der Waals surface area contributed by atoms with Gasteiger partial charge < -0.3 is 19.9 Å². The summed E-state index contributed by atoms with van der Waals surface area (Å²) < 4.78 is 4.74. The zero-order valence-corrected chi connectivity index (χ0v) is 17.7. The van der Waals surface area contributed by atoms with Crippen LogP contribution in [0.3, 0.4) is 0 Å². The number of ether oxygens (including phenoxy) is 1. The van der Waals surface area contributed by atoms with Crippen LogP contribution in [-0.2, 0) is 20.9 Å². The molecule has 2 fully saturated rings. The van der Waals surface area contributed by atoms with E-state index in [-0.39, 0.29) is 35.9 Å². The van der Waals surface area contributed by atoms with Crippen molar-refractivity contribution >= 4 is 41.1 Å². The van der Waals surface area contributed by atoms with Gasteiger partial charge >= 0.3 is 5.97 Å². The first-order chi connectivity index (χ1) is 15.0. The Bertz CT molecular complexity index is 1040. The van der Waals surface area contributed by atoms with Crippen LogP contribution in [0.4, 0.5) is 5.69 Å². The zero-order valence-electron chi connectivity index (χ0n) is 16.9. The first kappa shape index (κ1) is 20.9. The number of rotatable bonds is 5. The number of nitrogens with zero attached hydrogens (tertiary/aromatic N) is 2. The number of hydrogen-bond acceptors (Lipinski definition) is 6. The van der Waals surface area contributed by atoms with Crippen molar-refractivity contribution in [1.29, 1.82) is 0 Å². The number of methoxy groups -OCH3 is 1. The average Bonchev–Trinajstić information content (AvgIpc) is 3.28. The van der Waals surface area contributed by atoms with Crippen LogP contribution in [0.5, 0.6) is 0 Å². The highest BCUT2D eigenvalue weighted by Crippen LogP contribution is 2.27. The molecule has 1 atom stereocenters. The lowest BCUT2D eigenvalue weighted by Crippen LogP contribution is -2.57. The van der Waals surface area contributed by atoms with Gasteiger partial charge in [-0.2, -0.15) is 0 Å². The van der Waals surface area contributed by atoms with Crippen molar-refractivity contribution in [2.24, 2.45) is 0 Å². The fourth-order valence-corrected chi connectivity index (χ4v) is 4.80. The van der Waals surface area contributed by atoms with Crippen LogP contribution in [0.25, 0.3) is 0 Å². The summed E-state index contributed by atoms with van der Waals surface area (Å²) >= 11 is 1.59. The van der Waals surface area contributed by atoms with Crippen LogP contribution in [0, 0.1) is 0 Å². The monoisotopic (exact) mass is 439 g/mol. The molecular formula is C22H21N3O5S. The maximum atomic E-state index is 12.7. The van der Waals surface area contributed by atoms with E-state index in [0.717, 1.165) is 5.56 Å². The molecule has 2 heterocycles. The molecule has 0 spiro atoms. The molecule has 1 unspecified atom stereocenters. The summed E-state index contributed by atoms with van der Waals surface area (Å²) in [5.74, 6) is 0.233. The Kier molecular flexibility index (Phi) is 5.94. The molecule has 160 valence electrons. The predicted octanol–water partition coefficient (Wildman–Crippen LogP) is 1.97. The highest BCUT2D eigenvalue weighted by atomic mass is 32.2. The third-order valence-electron chi connectivity index (χ3n) is 5.30. The van der Waals surface area contributed by atoms with E-state index >= 15 is 0 Å². The summed E-state index contributed by atoms with van der Waals surface area (Å²) in [6.07, 6.45) is 0. The minimum atomic E-state index is -0.536. The summed E-state index contributed by atoms with van der Waals surface area (Å²) in [7, 11) is 1.28. The van der Waals surface area contributed by atoms with Gasteiger partial charge in [-0.15, -0.1) is 11.8 Å². The topological polar surface area (TPSA) is 96.0 Å². The molecule has 3 amide bonds. The van der Waals surface area contributed by atoms with Crippen LogP contribution in [0.2, 0.25) is 0 Å². The molecule has 2 aromatic rings. The van der Waals surface area contributed by atoms with Gasteiger partial charge in [0.15, 0.2) is 0 Å². The number of amides is 3. The molecule has 2 saturated heterocycles. The molecule has 0 aromatic heterocycles. The minimum Gasteiger partial charge on any atom is -0.465 e. The van der Waals surface area contributed by atoms with Crippen molar-refractivity contribution in [3.63, 3.8) is 0 Å². The smallest absolute Gasteiger partial charge is 0.339 e. The number of thioether (sulfide) groups is 1. The molecule has 0 saturated carbocycles. The van der Waals surface area contributed by atoms with Crippen LogP contribution in [-0.4, -0.2) is 64.8 Å². The molecule has 31 heavy (non-hydrogen) atoms. The van der Waals surface area contributed by atoms with Crippen molar-refractivity contribution < 1.29 is 23.9 Å². The van der Waals surface area contributed by atoms with E-state index < -0.39 is 5.97 Å². The van der Waals surface area contributed by atoms with Gasteiger partial charge in [-0.3, -0.25) is 14.4 Å². The van der Waals surface area contributed by atoms with Crippen molar-refractivity contribution in [1.82, 2.24) is 9.80 Å². The molecule has 2 aromatic carbocycles. The number of nitrogens with one attached hydrogen (secondary N) is 1. The largest absolute Gasteiger partial charge is 0.465 e. The van der Waals surface area contributed by atoms with Crippen LogP contribution < -0.4 is 5.32 Å². The molecule has 1 N–H and O–H groups in total. The summed E-state index contributed by atoms with van der Waals surface area (Å²) in [6, 6.07) is 13.1. The molecular weight excluding hydrogens is 418 g/mol. The lowest BCUT2D eigenvalue weighted by molar-refractivity contribution is -0.153. The van der Waals surface area contributed by atoms with Crippen molar-refractivity contribution in [3.05, 3.63) is 65.2 Å². The van der Waals surface area contributed by atoms with Gasteiger partial charge in [-0.1, -0.05) is 24.3 Å². The third kappa shape index (κ3) is 4.27. The van der Waals surface area contributed by atoms with E-state index in [1.165, 1.54) is 7.11 Å². The predicted molar refractivity (Wildman–Crippen MR) is 116 cm³/mol. The lowest BCUT2D eigenvalue weighted by Gasteiger charge is -2.35. The van der Waals surface area contributed by atoms with E-state index in [9.17, 15) is 19.2 Å². The summed E-state index contributed by atoms with van der Waals surface area (Å²) in [4.78, 5) is 52.6. The van der Waals surface area contributed by atoms with E-state index in [2.05, 4.69) is 5.32 Å². The maximum absolute atomic E-state index is 12.7. The Morgan fingerprint density at radius 2 is 1.87 bits per heavy atom. The number of para-hydroxylation sites is 1. The van der Waals surface area contributed by atoms with Gasteiger partial charge in [0.05, 0.1) is 24.2 Å². The number of benzene rings is 2. The molecule has 4 rings (SSSR count).